The maximum absolute atomic E-state index is 5.47. The second-order valence-corrected chi connectivity index (χ2v) is 6.01. The van der Waals surface area contributed by atoms with Crippen molar-refractivity contribution in [2.45, 2.75) is 20.0 Å². The fourth-order valence-corrected chi connectivity index (χ4v) is 3.32. The van der Waals surface area contributed by atoms with Crippen molar-refractivity contribution in [3.63, 3.8) is 0 Å². The number of aromatic nitrogens is 3. The molecule has 0 unspecified atom stereocenters. The SMILES string of the molecule is CCn1c(CN2CCN(c3ccccc3OC)CC2)n[nH]c1=S. The molecule has 1 fully saturated rings. The van der Waals surface area contributed by atoms with Crippen LogP contribution in [0.15, 0.2) is 24.3 Å². The van der Waals surface area contributed by atoms with Gasteiger partial charge in [0.15, 0.2) is 4.77 Å². The number of benzene rings is 1. The molecule has 0 spiro atoms. The van der Waals surface area contributed by atoms with E-state index in [1.165, 1.54) is 5.69 Å². The molecule has 0 atom stereocenters. The molecule has 1 aromatic heterocycles. The Bertz CT molecular complexity index is 702. The molecule has 1 aliphatic rings. The van der Waals surface area contributed by atoms with Gasteiger partial charge in [0, 0.05) is 32.7 Å². The fraction of sp³-hybridized carbons (Fsp3) is 0.500. The highest BCUT2D eigenvalue weighted by Gasteiger charge is 2.20. The Morgan fingerprint density at radius 1 is 1.22 bits per heavy atom. The first-order chi connectivity index (χ1) is 11.2. The van der Waals surface area contributed by atoms with E-state index in [0.717, 1.165) is 50.8 Å². The molecule has 124 valence electrons. The van der Waals surface area contributed by atoms with Crippen molar-refractivity contribution < 1.29 is 4.74 Å². The molecule has 1 N–H and O–H groups in total. The van der Waals surface area contributed by atoms with E-state index in [0.29, 0.717) is 4.77 Å². The second kappa shape index (κ2) is 7.14. The Morgan fingerprint density at radius 2 is 1.96 bits per heavy atom. The average Bonchev–Trinajstić information content (AvgIpc) is 2.95. The molecule has 0 aliphatic carbocycles. The van der Waals surface area contributed by atoms with Gasteiger partial charge in [-0.2, -0.15) is 5.10 Å². The quantitative estimate of drug-likeness (QED) is 0.851. The minimum absolute atomic E-state index is 0.704. The fourth-order valence-electron chi connectivity index (χ4n) is 3.04. The van der Waals surface area contributed by atoms with E-state index in [1.807, 2.05) is 12.1 Å². The maximum Gasteiger partial charge on any atom is 0.195 e. The van der Waals surface area contributed by atoms with E-state index >= 15 is 0 Å². The Balaban J connectivity index is 1.63. The molecule has 1 aromatic carbocycles. The summed E-state index contributed by atoms with van der Waals surface area (Å²) in [6, 6.07) is 8.20. The Labute approximate surface area is 141 Å². The van der Waals surface area contributed by atoms with Crippen molar-refractivity contribution in [1.82, 2.24) is 19.7 Å². The predicted molar refractivity (Wildman–Crippen MR) is 93.6 cm³/mol. The van der Waals surface area contributed by atoms with Gasteiger partial charge in [-0.25, -0.2) is 0 Å². The van der Waals surface area contributed by atoms with E-state index < -0.39 is 0 Å². The van der Waals surface area contributed by atoms with Crippen LogP contribution in [-0.4, -0.2) is 53.0 Å². The van der Waals surface area contributed by atoms with Crippen LogP contribution in [0, 0.1) is 4.77 Å². The molecular formula is C16H23N5OS. The van der Waals surface area contributed by atoms with Gasteiger partial charge in [-0.3, -0.25) is 10.00 Å². The molecule has 7 heteroatoms. The summed E-state index contributed by atoms with van der Waals surface area (Å²) < 4.78 is 8.23. The van der Waals surface area contributed by atoms with Crippen molar-refractivity contribution >= 4 is 17.9 Å². The minimum Gasteiger partial charge on any atom is -0.495 e. The summed E-state index contributed by atoms with van der Waals surface area (Å²) in [5, 5.41) is 7.25. The van der Waals surface area contributed by atoms with Crippen molar-refractivity contribution in [2.24, 2.45) is 0 Å². The second-order valence-electron chi connectivity index (χ2n) is 5.62. The van der Waals surface area contributed by atoms with Gasteiger partial charge >= 0.3 is 0 Å². The lowest BCUT2D eigenvalue weighted by Gasteiger charge is -2.36. The molecule has 2 heterocycles. The van der Waals surface area contributed by atoms with Gasteiger partial charge in [-0.05, 0) is 31.3 Å². The Hall–Kier alpha value is -1.86. The van der Waals surface area contributed by atoms with Crippen LogP contribution in [0.5, 0.6) is 5.75 Å². The number of aromatic amines is 1. The summed E-state index contributed by atoms with van der Waals surface area (Å²) in [5.74, 6) is 1.95. The standard InChI is InChI=1S/C16H23N5OS/c1-3-21-15(17-18-16(21)23)12-19-8-10-20(11-9-19)13-6-4-5-7-14(13)22-2/h4-7H,3,8-12H2,1-2H3,(H,18,23). The van der Waals surface area contributed by atoms with Crippen LogP contribution in [0.3, 0.4) is 0 Å². The van der Waals surface area contributed by atoms with Crippen LogP contribution in [-0.2, 0) is 13.1 Å². The van der Waals surface area contributed by atoms with Gasteiger partial charge in [0.1, 0.15) is 11.6 Å². The van der Waals surface area contributed by atoms with E-state index in [-0.39, 0.29) is 0 Å². The monoisotopic (exact) mass is 333 g/mol. The third kappa shape index (κ3) is 3.40. The molecule has 3 rings (SSSR count). The lowest BCUT2D eigenvalue weighted by molar-refractivity contribution is 0.240. The number of hydrogen-bond acceptors (Lipinski definition) is 5. The molecule has 1 aliphatic heterocycles. The van der Waals surface area contributed by atoms with Gasteiger partial charge in [0.05, 0.1) is 19.3 Å². The van der Waals surface area contributed by atoms with Gasteiger partial charge in [-0.15, -0.1) is 0 Å². The Morgan fingerprint density at radius 3 is 2.65 bits per heavy atom. The highest BCUT2D eigenvalue weighted by Crippen LogP contribution is 2.28. The number of nitrogens with one attached hydrogen (secondary N) is 1. The van der Waals surface area contributed by atoms with Crippen LogP contribution >= 0.6 is 12.2 Å². The highest BCUT2D eigenvalue weighted by molar-refractivity contribution is 7.71. The number of hydrogen-bond donors (Lipinski definition) is 1. The van der Waals surface area contributed by atoms with Crippen LogP contribution < -0.4 is 9.64 Å². The summed E-state index contributed by atoms with van der Waals surface area (Å²) in [6.45, 7) is 7.75. The molecule has 0 saturated carbocycles. The first-order valence-electron chi connectivity index (χ1n) is 7.97. The van der Waals surface area contributed by atoms with Crippen LogP contribution in [0.4, 0.5) is 5.69 Å². The third-order valence-electron chi connectivity index (χ3n) is 4.32. The number of piperazine rings is 1. The number of methoxy groups -OCH3 is 1. The average molecular weight is 333 g/mol. The van der Waals surface area contributed by atoms with Crippen LogP contribution in [0.2, 0.25) is 0 Å². The number of H-pyrrole nitrogens is 1. The predicted octanol–water partition coefficient (Wildman–Crippen LogP) is 2.29. The normalized spacial score (nSPS) is 15.8. The van der Waals surface area contributed by atoms with Crippen molar-refractivity contribution in [3.05, 3.63) is 34.9 Å². The topological polar surface area (TPSA) is 49.3 Å². The van der Waals surface area contributed by atoms with Crippen molar-refractivity contribution in [2.75, 3.05) is 38.2 Å². The molecule has 0 bridgehead atoms. The molecule has 0 amide bonds. The zero-order valence-electron chi connectivity index (χ0n) is 13.7. The lowest BCUT2D eigenvalue weighted by Crippen LogP contribution is -2.46. The summed E-state index contributed by atoms with van der Waals surface area (Å²) in [7, 11) is 1.72. The van der Waals surface area contributed by atoms with Crippen molar-refractivity contribution in [1.29, 1.82) is 0 Å². The van der Waals surface area contributed by atoms with Gasteiger partial charge in [-0.1, -0.05) is 12.1 Å². The van der Waals surface area contributed by atoms with Crippen molar-refractivity contribution in [3.8, 4) is 5.75 Å². The lowest BCUT2D eigenvalue weighted by atomic mass is 10.2. The van der Waals surface area contributed by atoms with Gasteiger partial charge in [0.25, 0.3) is 0 Å². The summed E-state index contributed by atoms with van der Waals surface area (Å²) in [4.78, 5) is 4.80. The smallest absolute Gasteiger partial charge is 0.195 e. The molecule has 23 heavy (non-hydrogen) atoms. The van der Waals surface area contributed by atoms with E-state index in [4.69, 9.17) is 17.0 Å². The first kappa shape index (κ1) is 16.0. The molecular weight excluding hydrogens is 310 g/mol. The molecule has 6 nitrogen and oxygen atoms in total. The third-order valence-corrected chi connectivity index (χ3v) is 4.63. The van der Waals surface area contributed by atoms with Gasteiger partial charge in [0.2, 0.25) is 0 Å². The number of nitrogens with zero attached hydrogens (tertiary/aromatic N) is 4. The summed E-state index contributed by atoms with van der Waals surface area (Å²) in [6.07, 6.45) is 0. The number of rotatable bonds is 5. The Kier molecular flexibility index (Phi) is 4.97. The zero-order chi connectivity index (χ0) is 16.2. The molecule has 0 radical (unpaired) electrons. The highest BCUT2D eigenvalue weighted by atomic mass is 32.1. The van der Waals surface area contributed by atoms with E-state index in [1.54, 1.807) is 7.11 Å². The van der Waals surface area contributed by atoms with Gasteiger partial charge < -0.3 is 14.2 Å². The maximum atomic E-state index is 5.47. The van der Waals surface area contributed by atoms with Crippen LogP contribution in [0.1, 0.15) is 12.7 Å². The molecule has 1 saturated heterocycles. The minimum atomic E-state index is 0.704. The molecule has 2 aromatic rings. The first-order valence-corrected chi connectivity index (χ1v) is 8.38. The largest absolute Gasteiger partial charge is 0.495 e. The zero-order valence-corrected chi connectivity index (χ0v) is 14.5. The number of para-hydroxylation sites is 2. The number of ether oxygens (including phenoxy) is 1. The van der Waals surface area contributed by atoms with Crippen LogP contribution in [0.25, 0.3) is 0 Å². The van der Waals surface area contributed by atoms with E-state index in [9.17, 15) is 0 Å². The van der Waals surface area contributed by atoms with E-state index in [2.05, 4.69) is 43.6 Å². The summed E-state index contributed by atoms with van der Waals surface area (Å²) >= 11 is 5.25. The summed E-state index contributed by atoms with van der Waals surface area (Å²) in [5.41, 5.74) is 1.17. The number of anilines is 1.